The Morgan fingerprint density at radius 2 is 2.70 bits per heavy atom. The highest BCUT2D eigenvalue weighted by Gasteiger charge is 2.23. The number of hydrogen-bond acceptors (Lipinski definition) is 4. The van der Waals surface area contributed by atoms with Crippen LogP contribution in [0.25, 0.3) is 0 Å². The van der Waals surface area contributed by atoms with Crippen LogP contribution < -0.4 is 0 Å². The second-order valence-corrected chi connectivity index (χ2v) is 3.50. The summed E-state index contributed by atoms with van der Waals surface area (Å²) in [6.45, 7) is 0. The number of carbonyl (C=O) groups is 1. The van der Waals surface area contributed by atoms with Crippen molar-refractivity contribution in [3.05, 3.63) is 0 Å². The molecule has 1 rings (SSSR count). The molecule has 0 amide bonds. The van der Waals surface area contributed by atoms with Crippen LogP contribution in [0.3, 0.4) is 0 Å². The highest BCUT2D eigenvalue weighted by molar-refractivity contribution is 8.32. The van der Waals surface area contributed by atoms with E-state index in [0.29, 0.717) is 10.1 Å². The highest BCUT2D eigenvalue weighted by atomic mass is 32.2. The lowest BCUT2D eigenvalue weighted by Crippen LogP contribution is -2.19. The fourth-order valence-electron chi connectivity index (χ4n) is 0.618. The maximum Gasteiger partial charge on any atom is 0.331 e. The molecule has 0 N–H and O–H groups in total. The van der Waals surface area contributed by atoms with Gasteiger partial charge in [-0.15, -0.1) is 12.6 Å². The third kappa shape index (κ3) is 1.67. The zero-order valence-electron chi connectivity index (χ0n) is 5.40. The smallest absolute Gasteiger partial charge is 0.331 e. The maximum atomic E-state index is 10.8. The van der Waals surface area contributed by atoms with E-state index in [2.05, 4.69) is 22.4 Å². The van der Waals surface area contributed by atoms with Crippen molar-refractivity contribution in [3.63, 3.8) is 0 Å². The number of esters is 1. The summed E-state index contributed by atoms with van der Waals surface area (Å²) in [6.07, 6.45) is 0. The van der Waals surface area contributed by atoms with Gasteiger partial charge in [-0.2, -0.15) is 0 Å². The summed E-state index contributed by atoms with van der Waals surface area (Å²) in [5.74, 6) is 0.377. The molecule has 1 aliphatic rings. The first kappa shape index (κ1) is 7.94. The summed E-state index contributed by atoms with van der Waals surface area (Å²) < 4.78 is 5.15. The predicted molar refractivity (Wildman–Crippen MR) is 44.7 cm³/mol. The SMILES string of the molecule is COC(=O)C1CSC(S)=N1. The van der Waals surface area contributed by atoms with E-state index in [1.165, 1.54) is 18.9 Å². The van der Waals surface area contributed by atoms with Gasteiger partial charge in [-0.25, -0.2) is 4.79 Å². The van der Waals surface area contributed by atoms with Gasteiger partial charge in [-0.1, -0.05) is 11.8 Å². The number of methoxy groups -OCH3 is 1. The number of aliphatic imine (C=N–C) groups is 1. The molecule has 0 fully saturated rings. The van der Waals surface area contributed by atoms with Gasteiger partial charge in [-0.3, -0.25) is 4.99 Å². The zero-order valence-corrected chi connectivity index (χ0v) is 7.11. The maximum absolute atomic E-state index is 10.8. The van der Waals surface area contributed by atoms with Crippen LogP contribution in [0.4, 0.5) is 0 Å². The summed E-state index contributed by atoms with van der Waals surface area (Å²) in [6, 6.07) is -0.331. The molecule has 0 aliphatic carbocycles. The Morgan fingerprint density at radius 1 is 2.00 bits per heavy atom. The summed E-state index contributed by atoms with van der Waals surface area (Å²) in [5.41, 5.74) is 0. The van der Waals surface area contributed by atoms with Gasteiger partial charge in [0.05, 0.1) is 7.11 Å². The molecule has 10 heavy (non-hydrogen) atoms. The second kappa shape index (κ2) is 3.30. The number of thiol groups is 1. The van der Waals surface area contributed by atoms with E-state index in [1.807, 2.05) is 0 Å². The molecule has 1 heterocycles. The molecule has 0 bridgehead atoms. The van der Waals surface area contributed by atoms with Crippen molar-refractivity contribution >= 4 is 34.7 Å². The van der Waals surface area contributed by atoms with Gasteiger partial charge >= 0.3 is 5.97 Å². The Hall–Kier alpha value is -0.160. The lowest BCUT2D eigenvalue weighted by molar-refractivity contribution is -0.141. The van der Waals surface area contributed by atoms with Gasteiger partial charge in [0.1, 0.15) is 4.38 Å². The molecular formula is C5H7NO2S2. The summed E-state index contributed by atoms with van der Waals surface area (Å²) >= 11 is 5.45. The van der Waals surface area contributed by atoms with Crippen LogP contribution >= 0.6 is 24.4 Å². The molecule has 56 valence electrons. The Kier molecular flexibility index (Phi) is 2.62. The molecule has 0 saturated carbocycles. The van der Waals surface area contributed by atoms with Crippen LogP contribution in [0.1, 0.15) is 0 Å². The van der Waals surface area contributed by atoms with Crippen LogP contribution in [0.15, 0.2) is 4.99 Å². The van der Waals surface area contributed by atoms with Crippen LogP contribution in [0.2, 0.25) is 0 Å². The summed E-state index contributed by atoms with van der Waals surface area (Å²) in [5, 5.41) is 0. The van der Waals surface area contributed by atoms with Gasteiger partial charge in [0, 0.05) is 5.75 Å². The van der Waals surface area contributed by atoms with Gasteiger partial charge < -0.3 is 4.74 Å². The van der Waals surface area contributed by atoms with Crippen molar-refractivity contribution < 1.29 is 9.53 Å². The minimum Gasteiger partial charge on any atom is -0.467 e. The largest absolute Gasteiger partial charge is 0.467 e. The number of nitrogens with zero attached hydrogens (tertiary/aromatic N) is 1. The molecule has 1 unspecified atom stereocenters. The fourth-order valence-corrected chi connectivity index (χ4v) is 1.70. The van der Waals surface area contributed by atoms with Crippen molar-refractivity contribution in [1.29, 1.82) is 0 Å². The third-order valence-electron chi connectivity index (χ3n) is 1.11. The molecule has 1 aliphatic heterocycles. The molecule has 0 aromatic heterocycles. The minimum atomic E-state index is -0.331. The van der Waals surface area contributed by atoms with Crippen LogP contribution in [-0.4, -0.2) is 29.2 Å². The van der Waals surface area contributed by atoms with E-state index in [4.69, 9.17) is 0 Å². The number of thioether (sulfide) groups is 1. The van der Waals surface area contributed by atoms with Crippen LogP contribution in [0.5, 0.6) is 0 Å². The van der Waals surface area contributed by atoms with E-state index in [-0.39, 0.29) is 12.0 Å². The summed E-state index contributed by atoms with van der Waals surface area (Å²) in [4.78, 5) is 14.7. The summed E-state index contributed by atoms with van der Waals surface area (Å²) in [7, 11) is 1.36. The quantitative estimate of drug-likeness (QED) is 0.470. The Bertz CT molecular complexity index is 180. The molecule has 5 heteroatoms. The van der Waals surface area contributed by atoms with Crippen molar-refractivity contribution in [2.45, 2.75) is 6.04 Å². The molecule has 0 spiro atoms. The average molecular weight is 177 g/mol. The minimum absolute atomic E-state index is 0.281. The van der Waals surface area contributed by atoms with Gasteiger partial charge in [0.2, 0.25) is 0 Å². The first-order valence-electron chi connectivity index (χ1n) is 2.71. The van der Waals surface area contributed by atoms with Crippen molar-refractivity contribution in [3.8, 4) is 0 Å². The van der Waals surface area contributed by atoms with Crippen LogP contribution in [-0.2, 0) is 9.53 Å². The topological polar surface area (TPSA) is 38.7 Å². The fraction of sp³-hybridized carbons (Fsp3) is 0.600. The van der Waals surface area contributed by atoms with E-state index in [1.54, 1.807) is 0 Å². The van der Waals surface area contributed by atoms with Crippen molar-refractivity contribution in [2.75, 3.05) is 12.9 Å². The predicted octanol–water partition coefficient (Wildman–Crippen LogP) is 0.561. The first-order chi connectivity index (χ1) is 4.74. The van der Waals surface area contributed by atoms with Gasteiger partial charge in [0.25, 0.3) is 0 Å². The Labute approximate surface area is 68.6 Å². The van der Waals surface area contributed by atoms with E-state index < -0.39 is 0 Å². The standard InChI is InChI=1S/C5H7NO2S2/c1-8-4(7)3-2-10-5(9)6-3/h3H,2H2,1H3,(H,6,9). The molecule has 1 atom stereocenters. The Morgan fingerprint density at radius 3 is 3.10 bits per heavy atom. The Balaban J connectivity index is 2.52. The molecular weight excluding hydrogens is 170 g/mol. The number of rotatable bonds is 1. The van der Waals surface area contributed by atoms with E-state index >= 15 is 0 Å². The molecule has 0 saturated heterocycles. The molecule has 0 aromatic carbocycles. The molecule has 0 aromatic rings. The second-order valence-electron chi connectivity index (χ2n) is 1.76. The third-order valence-corrected chi connectivity index (χ3v) is 2.46. The van der Waals surface area contributed by atoms with Gasteiger partial charge in [-0.05, 0) is 0 Å². The van der Waals surface area contributed by atoms with Crippen molar-refractivity contribution in [2.24, 2.45) is 4.99 Å². The van der Waals surface area contributed by atoms with Crippen LogP contribution in [0, 0.1) is 0 Å². The van der Waals surface area contributed by atoms with Crippen molar-refractivity contribution in [1.82, 2.24) is 0 Å². The van der Waals surface area contributed by atoms with E-state index in [9.17, 15) is 4.79 Å². The molecule has 3 nitrogen and oxygen atoms in total. The highest BCUT2D eigenvalue weighted by Crippen LogP contribution is 2.20. The zero-order chi connectivity index (χ0) is 7.56. The first-order valence-corrected chi connectivity index (χ1v) is 4.14. The molecule has 0 radical (unpaired) electrons. The lowest BCUT2D eigenvalue weighted by Gasteiger charge is -2.00. The van der Waals surface area contributed by atoms with E-state index in [0.717, 1.165) is 0 Å². The average Bonchev–Trinajstić information content (AvgIpc) is 2.34. The lowest BCUT2D eigenvalue weighted by atomic mass is 10.4. The number of hydrogen-bond donors (Lipinski definition) is 1. The number of carbonyl (C=O) groups excluding carboxylic acids is 1. The number of ether oxygens (including phenoxy) is 1. The normalized spacial score (nSPS) is 24.2. The van der Waals surface area contributed by atoms with Gasteiger partial charge in [0.15, 0.2) is 6.04 Å². The monoisotopic (exact) mass is 177 g/mol.